The monoisotopic (exact) mass is 451 g/mol. The minimum Gasteiger partial charge on any atom is -0.472 e. The normalized spacial score (nSPS) is 23.0. The van der Waals surface area contributed by atoms with Gasteiger partial charge in [-0.05, 0) is 55.5 Å². The van der Waals surface area contributed by atoms with E-state index in [0.717, 1.165) is 6.42 Å². The lowest BCUT2D eigenvalue weighted by atomic mass is 9.98. The van der Waals surface area contributed by atoms with E-state index in [4.69, 9.17) is 4.74 Å². The number of carbonyl (C=O) groups excluding carboxylic acids is 1. The number of halogens is 2. The summed E-state index contributed by atoms with van der Waals surface area (Å²) in [6, 6.07) is -0.851. The molecule has 0 bridgehead atoms. The fraction of sp³-hybridized carbons (Fsp3) is 0.500. The first-order chi connectivity index (χ1) is 14.8. The van der Waals surface area contributed by atoms with Crippen molar-refractivity contribution in [1.29, 1.82) is 0 Å². The van der Waals surface area contributed by atoms with E-state index < -0.39 is 22.1 Å². The van der Waals surface area contributed by atoms with Gasteiger partial charge in [-0.15, -0.1) is 4.36 Å². The summed E-state index contributed by atoms with van der Waals surface area (Å²) in [5, 5.41) is 6.86. The second kappa shape index (κ2) is 7.27. The molecule has 0 radical (unpaired) electrons. The average Bonchev–Trinajstić information content (AvgIpc) is 3.47. The highest BCUT2D eigenvalue weighted by Crippen LogP contribution is 2.41. The quantitative estimate of drug-likeness (QED) is 0.750. The smallest absolute Gasteiger partial charge is 0.354 e. The molecule has 0 saturated carbocycles. The van der Waals surface area contributed by atoms with Crippen LogP contribution in [0.1, 0.15) is 35.6 Å². The molecule has 1 aromatic carbocycles. The lowest BCUT2D eigenvalue weighted by Crippen LogP contribution is -2.23. The van der Waals surface area contributed by atoms with Gasteiger partial charge in [-0.25, -0.2) is 27.2 Å². The summed E-state index contributed by atoms with van der Waals surface area (Å²) in [5.41, 5.74) is 2.45. The highest BCUT2D eigenvalue weighted by molar-refractivity contribution is 7.92. The number of nitrogens with one attached hydrogen (secondary N) is 2. The van der Waals surface area contributed by atoms with E-state index in [0.29, 0.717) is 53.2 Å². The van der Waals surface area contributed by atoms with Gasteiger partial charge in [0.15, 0.2) is 9.92 Å². The molecular formula is C20H23F2N5O3S. The van der Waals surface area contributed by atoms with Crippen molar-refractivity contribution in [1.82, 2.24) is 14.5 Å². The Bertz CT molecular complexity index is 1220. The van der Waals surface area contributed by atoms with Crippen LogP contribution in [0.4, 0.5) is 19.3 Å². The lowest BCUT2D eigenvalue weighted by Gasteiger charge is -2.16. The molecule has 2 aliphatic carbocycles. The van der Waals surface area contributed by atoms with Crippen molar-refractivity contribution < 1.29 is 22.5 Å². The molecule has 0 fully saturated rings. The Kier molecular flexibility index (Phi) is 4.78. The first kappa shape index (κ1) is 20.4. The van der Waals surface area contributed by atoms with Gasteiger partial charge in [-0.2, -0.15) is 5.10 Å². The van der Waals surface area contributed by atoms with Gasteiger partial charge in [0, 0.05) is 18.5 Å². The Morgan fingerprint density at radius 3 is 2.81 bits per heavy atom. The van der Waals surface area contributed by atoms with Crippen LogP contribution in [0.2, 0.25) is 0 Å². The number of ether oxygens (including phenoxy) is 1. The Balaban J connectivity index is 1.53. The molecule has 166 valence electrons. The van der Waals surface area contributed by atoms with Crippen molar-refractivity contribution >= 4 is 21.6 Å². The summed E-state index contributed by atoms with van der Waals surface area (Å²) < 4.78 is 56.2. The zero-order chi connectivity index (χ0) is 21.9. The molecule has 2 amide bonds. The fourth-order valence-electron chi connectivity index (χ4n) is 4.73. The molecule has 1 aromatic heterocycles. The summed E-state index contributed by atoms with van der Waals surface area (Å²) in [6.45, 7) is 2.37. The highest BCUT2D eigenvalue weighted by atomic mass is 32.2. The van der Waals surface area contributed by atoms with Crippen LogP contribution >= 0.6 is 0 Å². The summed E-state index contributed by atoms with van der Waals surface area (Å²) in [6.07, 6.45) is 2.01. The Morgan fingerprint density at radius 1 is 1.29 bits per heavy atom. The molecule has 0 saturated heterocycles. The number of alkyl halides is 1. The van der Waals surface area contributed by atoms with E-state index in [-0.39, 0.29) is 29.7 Å². The number of hydrogen-bond acceptors (Lipinski definition) is 4. The van der Waals surface area contributed by atoms with Gasteiger partial charge in [0.1, 0.15) is 23.0 Å². The number of rotatable bonds is 3. The van der Waals surface area contributed by atoms with E-state index in [1.165, 1.54) is 13.2 Å². The largest absolute Gasteiger partial charge is 0.472 e. The fourth-order valence-corrected chi connectivity index (χ4v) is 6.00. The van der Waals surface area contributed by atoms with Crippen LogP contribution in [-0.4, -0.2) is 39.3 Å². The lowest BCUT2D eigenvalue weighted by molar-refractivity contribution is 0.248. The third kappa shape index (κ3) is 3.21. The van der Waals surface area contributed by atoms with Crippen LogP contribution in [0, 0.1) is 5.82 Å². The summed E-state index contributed by atoms with van der Waals surface area (Å²) in [5.74, 6) is -0.0365. The topological polar surface area (TPSA) is 97.6 Å². The third-order valence-electron chi connectivity index (χ3n) is 6.09. The van der Waals surface area contributed by atoms with Gasteiger partial charge in [-0.3, -0.25) is 0 Å². The Morgan fingerprint density at radius 2 is 2.03 bits per heavy atom. The molecule has 2 aromatic rings. The molecule has 3 atom stereocenters. The molecule has 11 heteroatoms. The zero-order valence-electron chi connectivity index (χ0n) is 17.2. The third-order valence-corrected chi connectivity index (χ3v) is 7.94. The Labute approximate surface area is 178 Å². The first-order valence-corrected chi connectivity index (χ1v) is 11.8. The number of benzene rings is 1. The van der Waals surface area contributed by atoms with Crippen LogP contribution in [-0.2, 0) is 42.1 Å². The maximum atomic E-state index is 14.9. The Hall–Kier alpha value is -2.53. The van der Waals surface area contributed by atoms with Crippen LogP contribution in [0.3, 0.4) is 0 Å². The number of nitrogens with zero attached hydrogens (tertiary/aromatic N) is 3. The van der Waals surface area contributed by atoms with Gasteiger partial charge in [0.25, 0.3) is 0 Å². The van der Waals surface area contributed by atoms with Gasteiger partial charge >= 0.3 is 6.03 Å². The average molecular weight is 451 g/mol. The van der Waals surface area contributed by atoms with E-state index >= 15 is 0 Å². The predicted molar refractivity (Wildman–Crippen MR) is 110 cm³/mol. The second-order valence-corrected chi connectivity index (χ2v) is 10.2. The summed E-state index contributed by atoms with van der Waals surface area (Å²) in [4.78, 5) is 13.0. The van der Waals surface area contributed by atoms with E-state index in [9.17, 15) is 17.8 Å². The van der Waals surface area contributed by atoms with Crippen LogP contribution < -0.4 is 14.8 Å². The number of hydrogen-bond donors (Lipinski definition) is 2. The number of aromatic nitrogens is 2. The molecule has 1 aliphatic heterocycles. The molecule has 5 rings (SSSR count). The van der Waals surface area contributed by atoms with Gasteiger partial charge in [-0.1, -0.05) is 0 Å². The first-order valence-electron chi connectivity index (χ1n) is 10.3. The van der Waals surface area contributed by atoms with Crippen molar-refractivity contribution in [2.45, 2.75) is 62.7 Å². The minimum absolute atomic E-state index is 0.000212. The van der Waals surface area contributed by atoms with Crippen LogP contribution in [0.25, 0.3) is 0 Å². The molecular weight excluding hydrogens is 428 g/mol. The molecule has 2 N–H and O–H groups in total. The molecule has 8 nitrogen and oxygen atoms in total. The molecule has 31 heavy (non-hydrogen) atoms. The maximum absolute atomic E-state index is 14.9. The van der Waals surface area contributed by atoms with E-state index in [2.05, 4.69) is 19.5 Å². The van der Waals surface area contributed by atoms with Crippen LogP contribution in [0.15, 0.2) is 15.5 Å². The molecule has 2 heterocycles. The number of urea groups is 1. The van der Waals surface area contributed by atoms with Crippen molar-refractivity contribution in [3.63, 3.8) is 0 Å². The van der Waals surface area contributed by atoms with Crippen molar-refractivity contribution in [3.05, 3.63) is 34.3 Å². The van der Waals surface area contributed by atoms with E-state index in [1.807, 2.05) is 6.92 Å². The number of anilines is 1. The van der Waals surface area contributed by atoms with Crippen LogP contribution in [0.5, 0.6) is 5.88 Å². The SMILES string of the molecule is CN[S@@](=O)(=NC(=O)Nc1c2c(c(F)c3c1C[C@@H](F)C3)CCC2)c1cnn2c1O[C@H](C)C2. The molecule has 3 aliphatic rings. The molecule has 0 unspecified atom stereocenters. The zero-order valence-corrected chi connectivity index (χ0v) is 18.0. The second-order valence-electron chi connectivity index (χ2n) is 8.14. The highest BCUT2D eigenvalue weighted by Gasteiger charge is 2.34. The number of fused-ring (bicyclic) bond motifs is 3. The standard InChI is InChI=1S/C20H23F2N5O3S/c1-10-9-27-19(30-10)16(8-24-27)31(29,23-2)26-20(28)25-18-13-5-3-4-12(13)17(22)14-6-11(21)7-15(14)18/h8,10-11H,3-7,9H2,1-2H3,(H2,23,25,26,28,29)/t10-,11+,31-/m1/s1. The van der Waals surface area contributed by atoms with E-state index in [1.54, 1.807) is 4.68 Å². The predicted octanol–water partition coefficient (Wildman–Crippen LogP) is 2.92. The molecule has 0 spiro atoms. The number of carbonyl (C=O) groups is 1. The van der Waals surface area contributed by atoms with Gasteiger partial charge in [0.2, 0.25) is 5.88 Å². The summed E-state index contributed by atoms with van der Waals surface area (Å²) >= 11 is 0. The van der Waals surface area contributed by atoms with Gasteiger partial charge in [0.05, 0.1) is 12.7 Å². The summed E-state index contributed by atoms with van der Waals surface area (Å²) in [7, 11) is -1.94. The van der Waals surface area contributed by atoms with Crippen molar-refractivity contribution in [3.8, 4) is 5.88 Å². The van der Waals surface area contributed by atoms with Crippen molar-refractivity contribution in [2.75, 3.05) is 12.4 Å². The van der Waals surface area contributed by atoms with Crippen molar-refractivity contribution in [2.24, 2.45) is 4.36 Å². The maximum Gasteiger partial charge on any atom is 0.354 e. The minimum atomic E-state index is -3.37. The number of amides is 2. The van der Waals surface area contributed by atoms with Gasteiger partial charge < -0.3 is 10.1 Å².